The number of fused-ring (bicyclic) bond motifs is 3. The van der Waals surface area contributed by atoms with Gasteiger partial charge in [-0.1, -0.05) is 11.6 Å². The van der Waals surface area contributed by atoms with Crippen LogP contribution in [0.25, 0.3) is 10.9 Å². The van der Waals surface area contributed by atoms with Crippen molar-refractivity contribution < 1.29 is 9.53 Å². The molecule has 0 saturated carbocycles. The molecule has 5 nitrogen and oxygen atoms in total. The molecule has 1 fully saturated rings. The summed E-state index contributed by atoms with van der Waals surface area (Å²) < 4.78 is 5.77. The average molecular weight is 341 g/mol. The fourth-order valence-electron chi connectivity index (χ4n) is 4.25. The largest absolute Gasteiger partial charge is 0.373 e. The van der Waals surface area contributed by atoms with Gasteiger partial charge in [0.2, 0.25) is 5.91 Å². The molecule has 5 heteroatoms. The fraction of sp³-hybridized carbons (Fsp3) is 0.550. The first-order chi connectivity index (χ1) is 12.0. The summed E-state index contributed by atoms with van der Waals surface area (Å²) in [6.07, 6.45) is 1.30. The molecule has 1 amide bonds. The lowest BCUT2D eigenvalue weighted by atomic mass is 10.0. The van der Waals surface area contributed by atoms with E-state index < -0.39 is 0 Å². The van der Waals surface area contributed by atoms with Crippen molar-refractivity contribution in [2.45, 2.75) is 45.9 Å². The minimum atomic E-state index is 0.195. The second kappa shape index (κ2) is 6.46. The first kappa shape index (κ1) is 16.6. The third kappa shape index (κ3) is 3.31. The van der Waals surface area contributed by atoms with Crippen LogP contribution in [0.1, 0.15) is 30.7 Å². The third-order valence-corrected chi connectivity index (χ3v) is 5.34. The highest BCUT2D eigenvalue weighted by Gasteiger charge is 2.28. The normalized spacial score (nSPS) is 24.5. The van der Waals surface area contributed by atoms with Crippen LogP contribution in [0.3, 0.4) is 0 Å². The number of ether oxygens (including phenoxy) is 1. The maximum Gasteiger partial charge on any atom is 0.237 e. The number of amides is 1. The third-order valence-electron chi connectivity index (χ3n) is 5.34. The van der Waals surface area contributed by atoms with Gasteiger partial charge in [0.25, 0.3) is 0 Å². The van der Waals surface area contributed by atoms with Crippen molar-refractivity contribution in [1.82, 2.24) is 14.8 Å². The highest BCUT2D eigenvalue weighted by molar-refractivity contribution is 5.87. The topological polar surface area (TPSA) is 48.6 Å². The number of nitrogens with zero attached hydrogens (tertiary/aromatic N) is 2. The van der Waals surface area contributed by atoms with E-state index in [1.165, 1.54) is 27.7 Å². The predicted octanol–water partition coefficient (Wildman–Crippen LogP) is 2.47. The molecule has 2 aliphatic heterocycles. The number of H-pyrrole nitrogens is 1. The Morgan fingerprint density at radius 1 is 1.28 bits per heavy atom. The summed E-state index contributed by atoms with van der Waals surface area (Å²) >= 11 is 0. The Bertz CT molecular complexity index is 788. The molecule has 3 heterocycles. The van der Waals surface area contributed by atoms with Gasteiger partial charge in [0.15, 0.2) is 0 Å². The average Bonchev–Trinajstić information content (AvgIpc) is 2.91. The van der Waals surface area contributed by atoms with E-state index in [1.54, 1.807) is 0 Å². The first-order valence-electron chi connectivity index (χ1n) is 9.25. The molecule has 1 saturated heterocycles. The molecule has 0 spiro atoms. The number of aromatic amines is 1. The quantitative estimate of drug-likeness (QED) is 0.913. The van der Waals surface area contributed by atoms with Crippen molar-refractivity contribution >= 4 is 16.8 Å². The molecule has 1 aromatic heterocycles. The van der Waals surface area contributed by atoms with Gasteiger partial charge < -0.3 is 14.6 Å². The number of benzene rings is 1. The molecule has 0 unspecified atom stereocenters. The highest BCUT2D eigenvalue weighted by atomic mass is 16.5. The number of rotatable bonds is 2. The van der Waals surface area contributed by atoms with Crippen molar-refractivity contribution in [2.24, 2.45) is 0 Å². The first-order valence-corrected chi connectivity index (χ1v) is 9.25. The van der Waals surface area contributed by atoms with Gasteiger partial charge in [-0.25, -0.2) is 0 Å². The van der Waals surface area contributed by atoms with E-state index in [0.29, 0.717) is 13.1 Å². The summed E-state index contributed by atoms with van der Waals surface area (Å²) in [5, 5.41) is 1.26. The number of carbonyl (C=O) groups is 1. The lowest BCUT2D eigenvalue weighted by Gasteiger charge is -2.36. The number of aryl methyl sites for hydroxylation is 1. The number of carbonyl (C=O) groups excluding carboxylic acids is 1. The minimum absolute atomic E-state index is 0.195. The second-order valence-electron chi connectivity index (χ2n) is 7.65. The smallest absolute Gasteiger partial charge is 0.237 e. The van der Waals surface area contributed by atoms with E-state index >= 15 is 0 Å². The minimum Gasteiger partial charge on any atom is -0.373 e. The number of aromatic nitrogens is 1. The lowest BCUT2D eigenvalue weighted by Crippen LogP contribution is -2.50. The molecule has 0 bridgehead atoms. The zero-order valence-corrected chi connectivity index (χ0v) is 15.3. The van der Waals surface area contributed by atoms with Crippen LogP contribution in [0.5, 0.6) is 0 Å². The maximum absolute atomic E-state index is 12.8. The number of hydrogen-bond donors (Lipinski definition) is 1. The Morgan fingerprint density at radius 3 is 2.80 bits per heavy atom. The summed E-state index contributed by atoms with van der Waals surface area (Å²) in [4.78, 5) is 20.6. The molecule has 134 valence electrons. The van der Waals surface area contributed by atoms with Crippen LogP contribution in [0, 0.1) is 6.92 Å². The molecule has 25 heavy (non-hydrogen) atoms. The van der Waals surface area contributed by atoms with Crippen LogP contribution in [0.15, 0.2) is 18.2 Å². The SMILES string of the molecule is Cc1ccc2[nH]c3c(c2c1)CN(C(=O)CN1C[C@H](C)O[C@@H](C)C1)CC3. The Balaban J connectivity index is 1.49. The van der Waals surface area contributed by atoms with Crippen LogP contribution in [-0.2, 0) is 22.5 Å². The zero-order valence-electron chi connectivity index (χ0n) is 15.3. The van der Waals surface area contributed by atoms with E-state index in [9.17, 15) is 4.79 Å². The van der Waals surface area contributed by atoms with E-state index in [0.717, 1.165) is 26.1 Å². The van der Waals surface area contributed by atoms with Crippen LogP contribution in [-0.4, -0.2) is 59.1 Å². The van der Waals surface area contributed by atoms with Crippen molar-refractivity contribution in [3.63, 3.8) is 0 Å². The molecule has 2 aromatic rings. The van der Waals surface area contributed by atoms with Crippen molar-refractivity contribution in [1.29, 1.82) is 0 Å². The molecular weight excluding hydrogens is 314 g/mol. The Kier molecular flexibility index (Phi) is 4.29. The van der Waals surface area contributed by atoms with Gasteiger partial charge in [-0.15, -0.1) is 0 Å². The summed E-state index contributed by atoms with van der Waals surface area (Å²) in [6.45, 7) is 9.95. The monoisotopic (exact) mass is 341 g/mol. The Labute approximate surface area is 148 Å². The van der Waals surface area contributed by atoms with Gasteiger partial charge in [0, 0.05) is 54.8 Å². The lowest BCUT2D eigenvalue weighted by molar-refractivity contribution is -0.136. The summed E-state index contributed by atoms with van der Waals surface area (Å²) in [5.41, 5.74) is 5.02. The maximum atomic E-state index is 12.8. The Morgan fingerprint density at radius 2 is 2.04 bits per heavy atom. The highest BCUT2D eigenvalue weighted by Crippen LogP contribution is 2.28. The molecule has 0 radical (unpaired) electrons. The van der Waals surface area contributed by atoms with Crippen molar-refractivity contribution in [3.05, 3.63) is 35.0 Å². The van der Waals surface area contributed by atoms with E-state index in [2.05, 4.69) is 48.9 Å². The van der Waals surface area contributed by atoms with Gasteiger partial charge in [-0.05, 0) is 32.9 Å². The molecule has 1 N–H and O–H groups in total. The number of nitrogens with one attached hydrogen (secondary N) is 1. The van der Waals surface area contributed by atoms with Gasteiger partial charge in [-0.3, -0.25) is 9.69 Å². The van der Waals surface area contributed by atoms with E-state index in [1.807, 2.05) is 4.90 Å². The molecule has 1 aromatic carbocycles. The summed E-state index contributed by atoms with van der Waals surface area (Å²) in [7, 11) is 0. The van der Waals surface area contributed by atoms with Gasteiger partial charge in [-0.2, -0.15) is 0 Å². The molecule has 0 aliphatic carbocycles. The standard InChI is InChI=1S/C20H27N3O2/c1-13-4-5-18-16(8-13)17-11-23(7-6-19(17)21-18)20(24)12-22-9-14(2)25-15(3)10-22/h4-5,8,14-15,21H,6-7,9-12H2,1-3H3/t14-,15-/m0/s1. The van der Waals surface area contributed by atoms with Crippen LogP contribution in [0.4, 0.5) is 0 Å². The fourth-order valence-corrected chi connectivity index (χ4v) is 4.25. The van der Waals surface area contributed by atoms with Crippen LogP contribution >= 0.6 is 0 Å². The van der Waals surface area contributed by atoms with Gasteiger partial charge in [0.05, 0.1) is 18.8 Å². The van der Waals surface area contributed by atoms with Crippen LogP contribution in [0.2, 0.25) is 0 Å². The summed E-state index contributed by atoms with van der Waals surface area (Å²) in [6, 6.07) is 6.50. The second-order valence-corrected chi connectivity index (χ2v) is 7.65. The van der Waals surface area contributed by atoms with Crippen molar-refractivity contribution in [3.8, 4) is 0 Å². The van der Waals surface area contributed by atoms with Gasteiger partial charge >= 0.3 is 0 Å². The Hall–Kier alpha value is -1.85. The number of morpholine rings is 1. The molecule has 2 atom stereocenters. The number of hydrogen-bond acceptors (Lipinski definition) is 3. The van der Waals surface area contributed by atoms with Crippen LogP contribution < -0.4 is 0 Å². The van der Waals surface area contributed by atoms with E-state index in [4.69, 9.17) is 4.74 Å². The predicted molar refractivity (Wildman–Crippen MR) is 98.6 cm³/mol. The van der Waals surface area contributed by atoms with Gasteiger partial charge in [0.1, 0.15) is 0 Å². The zero-order chi connectivity index (χ0) is 17.6. The van der Waals surface area contributed by atoms with Crippen molar-refractivity contribution in [2.75, 3.05) is 26.2 Å². The molecular formula is C20H27N3O2. The molecule has 2 aliphatic rings. The summed E-state index contributed by atoms with van der Waals surface area (Å²) in [5.74, 6) is 0.231. The molecule has 4 rings (SSSR count). The van der Waals surface area contributed by atoms with E-state index in [-0.39, 0.29) is 18.1 Å².